The van der Waals surface area contributed by atoms with Crippen molar-refractivity contribution in [3.63, 3.8) is 0 Å². The number of hydrogen-bond acceptors (Lipinski definition) is 1. The highest BCUT2D eigenvalue weighted by Crippen LogP contribution is 2.26. The maximum atomic E-state index is 6.35. The van der Waals surface area contributed by atoms with Crippen molar-refractivity contribution in [2.75, 3.05) is 0 Å². The van der Waals surface area contributed by atoms with E-state index in [4.69, 9.17) is 11.6 Å². The minimum Gasteiger partial charge on any atom is -0.152 e. The van der Waals surface area contributed by atoms with Crippen LogP contribution in [-0.4, -0.2) is 0 Å². The van der Waals surface area contributed by atoms with Gasteiger partial charge in [0, 0.05) is 0 Å². The van der Waals surface area contributed by atoms with Gasteiger partial charge in [0.15, 0.2) is 0 Å². The summed E-state index contributed by atoms with van der Waals surface area (Å²) in [5, 5.41) is 4.50. The number of benzene rings is 1. The Kier molecular flexibility index (Phi) is 4.44. The third-order valence-electron chi connectivity index (χ3n) is 2.66. The molecule has 0 amide bonds. The molecule has 0 saturated carbocycles. The molecule has 1 atom stereocenters. The van der Waals surface area contributed by atoms with E-state index in [0.29, 0.717) is 0 Å². The van der Waals surface area contributed by atoms with Crippen LogP contribution in [0.2, 0.25) is 0 Å². The molecule has 1 heterocycles. The standard InChI is InChI=1S/C14H15ClS/c15-14(13-6-2-1-3-7-13)8-4-5-12-9-10-16-11-12/h1-3,6-7,9-11,14H,4-5,8H2. The maximum absolute atomic E-state index is 6.35. The first kappa shape index (κ1) is 11.7. The lowest BCUT2D eigenvalue weighted by Gasteiger charge is -2.08. The summed E-state index contributed by atoms with van der Waals surface area (Å²) in [6.07, 6.45) is 3.33. The Balaban J connectivity index is 1.78. The van der Waals surface area contributed by atoms with Gasteiger partial charge in [0.05, 0.1) is 5.38 Å². The van der Waals surface area contributed by atoms with Crippen LogP contribution in [0.25, 0.3) is 0 Å². The minimum atomic E-state index is 0.153. The van der Waals surface area contributed by atoms with Gasteiger partial charge in [0.25, 0.3) is 0 Å². The first-order valence-electron chi connectivity index (χ1n) is 5.56. The van der Waals surface area contributed by atoms with Crippen LogP contribution in [-0.2, 0) is 6.42 Å². The SMILES string of the molecule is ClC(CCCc1ccsc1)c1ccccc1. The second-order valence-corrected chi connectivity index (χ2v) is 5.21. The lowest BCUT2D eigenvalue weighted by Crippen LogP contribution is -1.91. The van der Waals surface area contributed by atoms with Gasteiger partial charge in [-0.3, -0.25) is 0 Å². The smallest absolute Gasteiger partial charge is 0.0585 e. The van der Waals surface area contributed by atoms with E-state index in [0.717, 1.165) is 19.3 Å². The van der Waals surface area contributed by atoms with Gasteiger partial charge in [0.1, 0.15) is 0 Å². The molecule has 0 saturated heterocycles. The number of hydrogen-bond donors (Lipinski definition) is 0. The van der Waals surface area contributed by atoms with Crippen molar-refractivity contribution in [1.82, 2.24) is 0 Å². The third-order valence-corrected chi connectivity index (χ3v) is 3.87. The first-order chi connectivity index (χ1) is 7.86. The fraction of sp³-hybridized carbons (Fsp3) is 0.286. The average molecular weight is 251 g/mol. The molecular formula is C14H15ClS. The molecule has 0 nitrogen and oxygen atoms in total. The van der Waals surface area contributed by atoms with Crippen molar-refractivity contribution in [2.24, 2.45) is 0 Å². The molecule has 0 aliphatic heterocycles. The number of alkyl halides is 1. The molecule has 0 N–H and O–H groups in total. The summed E-state index contributed by atoms with van der Waals surface area (Å²) in [5.74, 6) is 0. The van der Waals surface area contributed by atoms with E-state index in [-0.39, 0.29) is 5.38 Å². The Bertz CT molecular complexity index is 394. The van der Waals surface area contributed by atoms with E-state index >= 15 is 0 Å². The van der Waals surface area contributed by atoms with Crippen LogP contribution in [0.15, 0.2) is 47.2 Å². The third kappa shape index (κ3) is 3.36. The monoisotopic (exact) mass is 250 g/mol. The van der Waals surface area contributed by atoms with E-state index in [1.165, 1.54) is 11.1 Å². The molecule has 2 heteroatoms. The summed E-state index contributed by atoms with van der Waals surface area (Å²) in [4.78, 5) is 0. The van der Waals surface area contributed by atoms with Crippen molar-refractivity contribution in [3.8, 4) is 0 Å². The Hall–Kier alpha value is -0.790. The molecule has 0 aliphatic carbocycles. The molecule has 2 rings (SSSR count). The molecule has 0 bridgehead atoms. The highest BCUT2D eigenvalue weighted by molar-refractivity contribution is 7.07. The molecule has 84 valence electrons. The van der Waals surface area contributed by atoms with Gasteiger partial charge >= 0.3 is 0 Å². The first-order valence-corrected chi connectivity index (χ1v) is 6.94. The van der Waals surface area contributed by atoms with Crippen LogP contribution in [0.4, 0.5) is 0 Å². The van der Waals surface area contributed by atoms with Crippen LogP contribution in [0, 0.1) is 0 Å². The average Bonchev–Trinajstić information content (AvgIpc) is 2.83. The van der Waals surface area contributed by atoms with Gasteiger partial charge in [-0.2, -0.15) is 11.3 Å². The maximum Gasteiger partial charge on any atom is 0.0585 e. The molecule has 16 heavy (non-hydrogen) atoms. The van der Waals surface area contributed by atoms with E-state index in [2.05, 4.69) is 29.0 Å². The zero-order valence-corrected chi connectivity index (χ0v) is 10.7. The zero-order chi connectivity index (χ0) is 11.2. The zero-order valence-electron chi connectivity index (χ0n) is 9.10. The summed E-state index contributed by atoms with van der Waals surface area (Å²) in [7, 11) is 0. The lowest BCUT2D eigenvalue weighted by atomic mass is 10.0. The summed E-state index contributed by atoms with van der Waals surface area (Å²) >= 11 is 8.11. The second-order valence-electron chi connectivity index (χ2n) is 3.90. The molecule has 0 radical (unpaired) electrons. The van der Waals surface area contributed by atoms with Crippen molar-refractivity contribution in [1.29, 1.82) is 0 Å². The summed E-state index contributed by atoms with van der Waals surface area (Å²) in [5.41, 5.74) is 2.66. The van der Waals surface area contributed by atoms with Crippen molar-refractivity contribution >= 4 is 22.9 Å². The van der Waals surface area contributed by atoms with Gasteiger partial charge < -0.3 is 0 Å². The molecular weight excluding hydrogens is 236 g/mol. The van der Waals surface area contributed by atoms with Gasteiger partial charge in [0.2, 0.25) is 0 Å². The number of thiophene rings is 1. The summed E-state index contributed by atoms with van der Waals surface area (Å²) < 4.78 is 0. The normalized spacial score (nSPS) is 12.6. The van der Waals surface area contributed by atoms with Gasteiger partial charge in [-0.1, -0.05) is 30.3 Å². The predicted molar refractivity (Wildman–Crippen MR) is 72.3 cm³/mol. The Morgan fingerprint density at radius 3 is 2.62 bits per heavy atom. The highest BCUT2D eigenvalue weighted by Gasteiger charge is 2.06. The molecule has 1 unspecified atom stereocenters. The Morgan fingerprint density at radius 2 is 1.94 bits per heavy atom. The topological polar surface area (TPSA) is 0 Å². The van der Waals surface area contributed by atoms with Gasteiger partial charge in [-0.15, -0.1) is 11.6 Å². The molecule has 0 spiro atoms. The Labute approximate surface area is 106 Å². The fourth-order valence-corrected chi connectivity index (χ4v) is 2.75. The van der Waals surface area contributed by atoms with Crippen LogP contribution < -0.4 is 0 Å². The van der Waals surface area contributed by atoms with Crippen LogP contribution in [0.5, 0.6) is 0 Å². The quantitative estimate of drug-likeness (QED) is 0.652. The summed E-state index contributed by atoms with van der Waals surface area (Å²) in [6, 6.07) is 12.5. The van der Waals surface area contributed by atoms with E-state index in [1.54, 1.807) is 11.3 Å². The van der Waals surface area contributed by atoms with Crippen molar-refractivity contribution in [3.05, 3.63) is 58.3 Å². The number of rotatable bonds is 5. The van der Waals surface area contributed by atoms with Gasteiger partial charge in [-0.25, -0.2) is 0 Å². The highest BCUT2D eigenvalue weighted by atomic mass is 35.5. The fourth-order valence-electron chi connectivity index (χ4n) is 1.75. The largest absolute Gasteiger partial charge is 0.152 e. The summed E-state index contributed by atoms with van der Waals surface area (Å²) in [6.45, 7) is 0. The minimum absolute atomic E-state index is 0.153. The van der Waals surface area contributed by atoms with Gasteiger partial charge in [-0.05, 0) is 47.2 Å². The molecule has 2 aromatic rings. The molecule has 0 aliphatic rings. The predicted octanol–water partition coefficient (Wildman–Crippen LogP) is 5.05. The molecule has 1 aromatic heterocycles. The van der Waals surface area contributed by atoms with E-state index < -0.39 is 0 Å². The van der Waals surface area contributed by atoms with Crippen LogP contribution in [0.3, 0.4) is 0 Å². The van der Waals surface area contributed by atoms with Crippen molar-refractivity contribution < 1.29 is 0 Å². The second kappa shape index (κ2) is 6.07. The number of aryl methyl sites for hydroxylation is 1. The molecule has 1 aromatic carbocycles. The Morgan fingerprint density at radius 1 is 1.12 bits per heavy atom. The number of halogens is 1. The van der Waals surface area contributed by atoms with Crippen LogP contribution in [0.1, 0.15) is 29.3 Å². The molecule has 0 fully saturated rings. The van der Waals surface area contributed by atoms with E-state index in [1.807, 2.05) is 18.2 Å². The lowest BCUT2D eigenvalue weighted by molar-refractivity contribution is 0.717. The van der Waals surface area contributed by atoms with Crippen LogP contribution >= 0.6 is 22.9 Å². The van der Waals surface area contributed by atoms with E-state index in [9.17, 15) is 0 Å². The van der Waals surface area contributed by atoms with Crippen molar-refractivity contribution in [2.45, 2.75) is 24.6 Å².